The third kappa shape index (κ3) is 2.67. The highest BCUT2D eigenvalue weighted by Gasteiger charge is 2.37. The van der Waals surface area contributed by atoms with E-state index in [9.17, 15) is 4.79 Å². The number of amides is 1. The maximum atomic E-state index is 12.3. The first-order chi connectivity index (χ1) is 11.8. The molecule has 0 aliphatic carbocycles. The van der Waals surface area contributed by atoms with E-state index < -0.39 is 0 Å². The van der Waals surface area contributed by atoms with Crippen LogP contribution < -0.4 is 10.1 Å². The van der Waals surface area contributed by atoms with Gasteiger partial charge in [-0.2, -0.15) is 0 Å². The number of rotatable bonds is 3. The minimum absolute atomic E-state index is 0.0660. The Morgan fingerprint density at radius 1 is 1.12 bits per heavy atom. The van der Waals surface area contributed by atoms with Gasteiger partial charge in [0.25, 0.3) is 5.91 Å². The molecule has 0 saturated carbocycles. The van der Waals surface area contributed by atoms with Crippen molar-refractivity contribution in [2.45, 2.75) is 12.5 Å². The molecular formula is C20H22N2O2. The van der Waals surface area contributed by atoms with Crippen LogP contribution in [0.25, 0.3) is 0 Å². The first kappa shape index (κ1) is 15.2. The van der Waals surface area contributed by atoms with Crippen molar-refractivity contribution >= 4 is 5.91 Å². The van der Waals surface area contributed by atoms with Crippen LogP contribution in [0.1, 0.15) is 27.4 Å². The molecule has 2 aliphatic heterocycles. The highest BCUT2D eigenvalue weighted by Crippen LogP contribution is 2.37. The molecule has 2 heterocycles. The second-order valence-electron chi connectivity index (χ2n) is 6.67. The average Bonchev–Trinajstić information content (AvgIpc) is 2.97. The van der Waals surface area contributed by atoms with Crippen LogP contribution in [-0.4, -0.2) is 37.6 Å². The Labute approximate surface area is 142 Å². The minimum atomic E-state index is 0.0660. The summed E-state index contributed by atoms with van der Waals surface area (Å²) in [5, 5.41) is 3.09. The van der Waals surface area contributed by atoms with Gasteiger partial charge in [-0.25, -0.2) is 0 Å². The number of nitrogens with zero attached hydrogens (tertiary/aromatic N) is 1. The number of fused-ring (bicyclic) bond motifs is 3. The predicted molar refractivity (Wildman–Crippen MR) is 93.3 cm³/mol. The van der Waals surface area contributed by atoms with Gasteiger partial charge < -0.3 is 10.1 Å². The highest BCUT2D eigenvalue weighted by molar-refractivity contribution is 5.96. The Morgan fingerprint density at radius 3 is 2.79 bits per heavy atom. The Bertz CT molecular complexity index is 759. The molecule has 0 radical (unpaired) electrons. The largest absolute Gasteiger partial charge is 0.496 e. The normalized spacial score (nSPS) is 23.1. The molecule has 0 spiro atoms. The Kier molecular flexibility index (Phi) is 3.98. The van der Waals surface area contributed by atoms with Crippen molar-refractivity contribution < 1.29 is 9.53 Å². The topological polar surface area (TPSA) is 41.6 Å². The number of carbonyl (C=O) groups excluding carboxylic acids is 1. The molecule has 24 heavy (non-hydrogen) atoms. The van der Waals surface area contributed by atoms with Crippen LogP contribution in [0.2, 0.25) is 0 Å². The summed E-state index contributed by atoms with van der Waals surface area (Å²) >= 11 is 0. The van der Waals surface area contributed by atoms with Crippen molar-refractivity contribution in [1.29, 1.82) is 0 Å². The second kappa shape index (κ2) is 6.29. The van der Waals surface area contributed by atoms with E-state index in [1.165, 1.54) is 11.1 Å². The van der Waals surface area contributed by atoms with Gasteiger partial charge in [-0.3, -0.25) is 9.69 Å². The molecule has 1 fully saturated rings. The Balaban J connectivity index is 1.58. The Hall–Kier alpha value is -2.33. The van der Waals surface area contributed by atoms with Crippen molar-refractivity contribution in [3.63, 3.8) is 0 Å². The Morgan fingerprint density at radius 2 is 1.92 bits per heavy atom. The molecule has 2 atom stereocenters. The zero-order valence-electron chi connectivity index (χ0n) is 13.9. The highest BCUT2D eigenvalue weighted by atomic mass is 16.5. The smallest absolute Gasteiger partial charge is 0.251 e. The lowest BCUT2D eigenvalue weighted by molar-refractivity contribution is 0.0951. The van der Waals surface area contributed by atoms with Crippen LogP contribution in [0.15, 0.2) is 48.5 Å². The molecule has 2 aliphatic rings. The number of carbonyl (C=O) groups is 1. The van der Waals surface area contributed by atoms with E-state index in [1.807, 2.05) is 30.3 Å². The van der Waals surface area contributed by atoms with Gasteiger partial charge in [0.05, 0.1) is 7.11 Å². The minimum Gasteiger partial charge on any atom is -0.496 e. The first-order valence-corrected chi connectivity index (χ1v) is 8.47. The lowest BCUT2D eigenvalue weighted by Gasteiger charge is -2.18. The molecular weight excluding hydrogens is 300 g/mol. The van der Waals surface area contributed by atoms with Gasteiger partial charge >= 0.3 is 0 Å². The molecule has 1 N–H and O–H groups in total. The van der Waals surface area contributed by atoms with Gasteiger partial charge in [0.2, 0.25) is 0 Å². The van der Waals surface area contributed by atoms with Crippen molar-refractivity contribution in [2.24, 2.45) is 5.92 Å². The van der Waals surface area contributed by atoms with Gasteiger partial charge in [0, 0.05) is 43.2 Å². The van der Waals surface area contributed by atoms with E-state index >= 15 is 0 Å². The van der Waals surface area contributed by atoms with Gasteiger partial charge in [0.15, 0.2) is 0 Å². The van der Waals surface area contributed by atoms with E-state index in [2.05, 4.69) is 28.4 Å². The molecule has 4 nitrogen and oxygen atoms in total. The molecule has 0 aromatic heterocycles. The van der Waals surface area contributed by atoms with Gasteiger partial charge in [-0.1, -0.05) is 36.4 Å². The number of ether oxygens (including phenoxy) is 1. The van der Waals surface area contributed by atoms with Crippen molar-refractivity contribution in [3.8, 4) is 5.75 Å². The molecule has 2 aromatic carbocycles. The van der Waals surface area contributed by atoms with E-state index in [0.29, 0.717) is 11.8 Å². The standard InChI is InChI=1S/C20H22N2O2/c1-24-19-9-5-2-6-14(19)11-22-12-15-10-21-20(23)17-8-4-3-7-16(17)18(15)13-22/h2-9,15,18H,10-13H2,1H3,(H,21,23)/t15-,18-/m0/s1. The van der Waals surface area contributed by atoms with Gasteiger partial charge in [-0.05, 0) is 23.6 Å². The van der Waals surface area contributed by atoms with Crippen molar-refractivity contribution in [1.82, 2.24) is 10.2 Å². The van der Waals surface area contributed by atoms with Crippen molar-refractivity contribution in [2.75, 3.05) is 26.7 Å². The van der Waals surface area contributed by atoms with E-state index in [4.69, 9.17) is 4.74 Å². The number of hydrogen-bond donors (Lipinski definition) is 1. The second-order valence-corrected chi connectivity index (χ2v) is 6.67. The van der Waals surface area contributed by atoms with E-state index in [-0.39, 0.29) is 5.91 Å². The molecule has 4 rings (SSSR count). The summed E-state index contributed by atoms with van der Waals surface area (Å²) in [7, 11) is 1.72. The number of benzene rings is 2. The third-order valence-corrected chi connectivity index (χ3v) is 5.23. The zero-order chi connectivity index (χ0) is 16.5. The predicted octanol–water partition coefficient (Wildman–Crippen LogP) is 2.65. The fourth-order valence-electron chi connectivity index (χ4n) is 4.07. The summed E-state index contributed by atoms with van der Waals surface area (Å²) in [5.74, 6) is 1.89. The SMILES string of the molecule is COc1ccccc1CN1C[C@@H]2CNC(=O)c3ccccc3[C@H]2C1. The number of para-hydroxylation sites is 1. The zero-order valence-corrected chi connectivity index (χ0v) is 13.9. The van der Waals surface area contributed by atoms with Crippen LogP contribution in [0, 0.1) is 5.92 Å². The van der Waals surface area contributed by atoms with Crippen LogP contribution in [-0.2, 0) is 6.54 Å². The molecule has 124 valence electrons. The van der Waals surface area contributed by atoms with Gasteiger partial charge in [0.1, 0.15) is 5.75 Å². The van der Waals surface area contributed by atoms with Gasteiger partial charge in [-0.15, -0.1) is 0 Å². The van der Waals surface area contributed by atoms with E-state index in [0.717, 1.165) is 37.5 Å². The number of hydrogen-bond acceptors (Lipinski definition) is 3. The average molecular weight is 322 g/mol. The molecule has 2 aromatic rings. The van der Waals surface area contributed by atoms with E-state index in [1.54, 1.807) is 7.11 Å². The molecule has 4 heteroatoms. The molecule has 1 saturated heterocycles. The first-order valence-electron chi connectivity index (χ1n) is 8.47. The maximum Gasteiger partial charge on any atom is 0.251 e. The summed E-state index contributed by atoms with van der Waals surface area (Å²) in [4.78, 5) is 14.7. The fraction of sp³-hybridized carbons (Fsp3) is 0.350. The lowest BCUT2D eigenvalue weighted by Crippen LogP contribution is -2.29. The molecule has 0 bridgehead atoms. The summed E-state index contributed by atoms with van der Waals surface area (Å²) in [6, 6.07) is 16.2. The molecule has 1 amide bonds. The van der Waals surface area contributed by atoms with Crippen LogP contribution in [0.5, 0.6) is 5.75 Å². The van der Waals surface area contributed by atoms with Crippen LogP contribution in [0.4, 0.5) is 0 Å². The fourth-order valence-corrected chi connectivity index (χ4v) is 4.07. The monoisotopic (exact) mass is 322 g/mol. The third-order valence-electron chi connectivity index (χ3n) is 5.23. The number of methoxy groups -OCH3 is 1. The van der Waals surface area contributed by atoms with Crippen LogP contribution >= 0.6 is 0 Å². The number of nitrogens with one attached hydrogen (secondary N) is 1. The summed E-state index contributed by atoms with van der Waals surface area (Å²) in [5.41, 5.74) is 3.25. The maximum absolute atomic E-state index is 12.3. The van der Waals surface area contributed by atoms with Crippen LogP contribution in [0.3, 0.4) is 0 Å². The quantitative estimate of drug-likeness (QED) is 0.944. The summed E-state index contributed by atoms with van der Waals surface area (Å²) in [6.45, 7) is 3.61. The summed E-state index contributed by atoms with van der Waals surface area (Å²) in [6.07, 6.45) is 0. The van der Waals surface area contributed by atoms with Crippen molar-refractivity contribution in [3.05, 3.63) is 65.2 Å². The molecule has 0 unspecified atom stereocenters. The number of likely N-dealkylation sites (tertiary alicyclic amines) is 1. The lowest BCUT2D eigenvalue weighted by atomic mass is 9.87. The summed E-state index contributed by atoms with van der Waals surface area (Å²) < 4.78 is 5.48.